The molecule has 0 unspecified atom stereocenters. The maximum absolute atomic E-state index is 11.8. The molecule has 2 aliphatic rings. The van der Waals surface area contributed by atoms with Gasteiger partial charge in [-0.1, -0.05) is 0 Å². The number of hydrogen-bond acceptors (Lipinski definition) is 7. The summed E-state index contributed by atoms with van der Waals surface area (Å²) in [7, 11) is -3.57. The van der Waals surface area contributed by atoms with E-state index in [4.69, 9.17) is 9.47 Å². The highest BCUT2D eigenvalue weighted by Gasteiger charge is 2.59. The zero-order valence-electron chi connectivity index (χ0n) is 11.3. The molecule has 2 fully saturated rings. The number of nitrogens with zero attached hydrogens (tertiary/aromatic N) is 1. The van der Waals surface area contributed by atoms with Gasteiger partial charge in [0.2, 0.25) is 0 Å². The number of ether oxygens (including phenoxy) is 2. The van der Waals surface area contributed by atoms with E-state index in [0.717, 1.165) is 6.26 Å². The van der Waals surface area contributed by atoms with Gasteiger partial charge in [-0.05, 0) is 6.92 Å². The molecule has 1 aromatic heterocycles. The van der Waals surface area contributed by atoms with E-state index in [1.807, 2.05) is 0 Å². The molecule has 0 amide bonds. The van der Waals surface area contributed by atoms with Gasteiger partial charge in [0.25, 0.3) is 15.7 Å². The molecular formula is C11H14N2O7S. The van der Waals surface area contributed by atoms with Gasteiger partial charge in [-0.2, -0.15) is 8.42 Å². The van der Waals surface area contributed by atoms with Crippen molar-refractivity contribution in [3.05, 3.63) is 32.6 Å². The Morgan fingerprint density at radius 2 is 2.05 bits per heavy atom. The second kappa shape index (κ2) is 4.77. The zero-order chi connectivity index (χ0) is 15.4. The van der Waals surface area contributed by atoms with Crippen molar-refractivity contribution >= 4 is 10.1 Å². The van der Waals surface area contributed by atoms with Crippen LogP contribution in [0.1, 0.15) is 11.8 Å². The molecule has 2 saturated heterocycles. The summed E-state index contributed by atoms with van der Waals surface area (Å²) >= 11 is 0. The molecule has 3 heterocycles. The van der Waals surface area contributed by atoms with Crippen molar-refractivity contribution in [1.82, 2.24) is 9.55 Å². The Kier molecular flexibility index (Phi) is 3.28. The second-order valence-electron chi connectivity index (χ2n) is 5.10. The zero-order valence-corrected chi connectivity index (χ0v) is 12.1. The van der Waals surface area contributed by atoms with Gasteiger partial charge in [-0.3, -0.25) is 18.5 Å². The van der Waals surface area contributed by atoms with Crippen molar-refractivity contribution in [2.75, 3.05) is 12.9 Å². The molecule has 0 spiro atoms. The van der Waals surface area contributed by atoms with Crippen LogP contribution in [-0.4, -0.2) is 49.1 Å². The van der Waals surface area contributed by atoms with E-state index in [1.54, 1.807) is 6.92 Å². The normalized spacial score (nSPS) is 31.1. The Hall–Kier alpha value is -1.49. The molecule has 0 saturated carbocycles. The maximum Gasteiger partial charge on any atom is 0.330 e. The van der Waals surface area contributed by atoms with Crippen molar-refractivity contribution < 1.29 is 22.1 Å². The van der Waals surface area contributed by atoms with Crippen LogP contribution in [0.3, 0.4) is 0 Å². The Labute approximate surface area is 119 Å². The molecule has 1 N–H and O–H groups in total. The van der Waals surface area contributed by atoms with E-state index in [2.05, 4.69) is 9.17 Å². The van der Waals surface area contributed by atoms with Crippen molar-refractivity contribution in [2.45, 2.75) is 31.5 Å². The summed E-state index contributed by atoms with van der Waals surface area (Å²) in [6.07, 6.45) is 0.405. The van der Waals surface area contributed by atoms with Crippen LogP contribution in [-0.2, 0) is 23.8 Å². The molecule has 10 heteroatoms. The lowest BCUT2D eigenvalue weighted by atomic mass is 10.2. The van der Waals surface area contributed by atoms with Crippen molar-refractivity contribution in [1.29, 1.82) is 0 Å². The first-order chi connectivity index (χ1) is 9.76. The quantitative estimate of drug-likeness (QED) is 0.529. The van der Waals surface area contributed by atoms with Gasteiger partial charge in [0.05, 0.1) is 12.9 Å². The molecule has 4 atom stereocenters. The lowest BCUT2D eigenvalue weighted by Gasteiger charge is -2.19. The Balaban J connectivity index is 1.79. The van der Waals surface area contributed by atoms with Crippen molar-refractivity contribution in [3.8, 4) is 0 Å². The molecule has 116 valence electrons. The number of nitrogens with one attached hydrogen (secondary N) is 1. The summed E-state index contributed by atoms with van der Waals surface area (Å²) in [4.78, 5) is 25.3. The van der Waals surface area contributed by atoms with Gasteiger partial charge < -0.3 is 9.47 Å². The summed E-state index contributed by atoms with van der Waals surface area (Å²) in [5.41, 5.74) is -0.694. The average Bonchev–Trinajstić information content (AvgIpc) is 3.07. The topological polar surface area (TPSA) is 120 Å². The molecule has 21 heavy (non-hydrogen) atoms. The highest BCUT2D eigenvalue weighted by atomic mass is 32.2. The van der Waals surface area contributed by atoms with E-state index in [9.17, 15) is 18.0 Å². The molecule has 1 aromatic rings. The lowest BCUT2D eigenvalue weighted by molar-refractivity contribution is -0.0815. The SMILES string of the molecule is Cc1cn([C@@H]2O[C@H](COS(C)(=O)=O)[C@@H]3O[C@@H]32)c(=O)[nH]c1=O. The van der Waals surface area contributed by atoms with Crippen LogP contribution in [0.4, 0.5) is 0 Å². The Bertz CT molecular complexity index is 780. The number of fused-ring (bicyclic) bond motifs is 1. The standard InChI is InChI=1S/C11H14N2O7S/c1-5-3-13(11(15)12-9(5)14)10-8-7(20-8)6(19-10)4-18-21(2,16)17/h3,6-8,10H,4H2,1-2H3,(H,12,14,15)/t6-,7+,8+,10-/m1/s1. The molecule has 9 nitrogen and oxygen atoms in total. The van der Waals surface area contributed by atoms with Gasteiger partial charge in [0, 0.05) is 11.8 Å². The fourth-order valence-corrected chi connectivity index (χ4v) is 2.70. The summed E-state index contributed by atoms with van der Waals surface area (Å²) < 4.78 is 38.9. The second-order valence-corrected chi connectivity index (χ2v) is 6.74. The molecule has 0 aliphatic carbocycles. The van der Waals surface area contributed by atoms with E-state index in [0.29, 0.717) is 5.56 Å². The van der Waals surface area contributed by atoms with Crippen LogP contribution in [0.15, 0.2) is 15.8 Å². The number of H-pyrrole nitrogens is 1. The van der Waals surface area contributed by atoms with Crippen LogP contribution in [0, 0.1) is 6.92 Å². The van der Waals surface area contributed by atoms with E-state index < -0.39 is 33.7 Å². The number of aromatic amines is 1. The first-order valence-corrected chi connectivity index (χ1v) is 8.05. The number of rotatable bonds is 4. The van der Waals surface area contributed by atoms with Crippen molar-refractivity contribution in [2.24, 2.45) is 0 Å². The van der Waals surface area contributed by atoms with Gasteiger partial charge in [-0.15, -0.1) is 0 Å². The van der Waals surface area contributed by atoms with Crippen LogP contribution >= 0.6 is 0 Å². The number of hydrogen-bond donors (Lipinski definition) is 1. The predicted molar refractivity (Wildman–Crippen MR) is 69.4 cm³/mol. The fourth-order valence-electron chi connectivity index (χ4n) is 2.32. The summed E-state index contributed by atoms with van der Waals surface area (Å²) in [6.45, 7) is 1.40. The first-order valence-electron chi connectivity index (χ1n) is 6.23. The number of aryl methyl sites for hydroxylation is 1. The van der Waals surface area contributed by atoms with Gasteiger partial charge in [-0.25, -0.2) is 4.79 Å². The maximum atomic E-state index is 11.8. The third kappa shape index (κ3) is 2.79. The largest absolute Gasteiger partial charge is 0.362 e. The first kappa shape index (κ1) is 14.4. The highest BCUT2D eigenvalue weighted by Crippen LogP contribution is 2.44. The van der Waals surface area contributed by atoms with E-state index >= 15 is 0 Å². The van der Waals surface area contributed by atoms with E-state index in [-0.39, 0.29) is 18.8 Å². The van der Waals surface area contributed by atoms with Gasteiger partial charge in [0.1, 0.15) is 18.3 Å². The minimum Gasteiger partial charge on any atom is -0.362 e. The monoisotopic (exact) mass is 318 g/mol. The van der Waals surface area contributed by atoms with Crippen molar-refractivity contribution in [3.63, 3.8) is 0 Å². The van der Waals surface area contributed by atoms with Crippen LogP contribution in [0.2, 0.25) is 0 Å². The molecule has 0 aromatic carbocycles. The van der Waals surface area contributed by atoms with Crippen LogP contribution < -0.4 is 11.2 Å². The van der Waals surface area contributed by atoms with Gasteiger partial charge >= 0.3 is 5.69 Å². The lowest BCUT2D eigenvalue weighted by Crippen LogP contribution is -2.35. The summed E-state index contributed by atoms with van der Waals surface area (Å²) in [5, 5.41) is 0. The molecule has 3 rings (SSSR count). The minimum atomic E-state index is -3.57. The number of aromatic nitrogens is 2. The predicted octanol–water partition coefficient (Wildman–Crippen LogP) is -1.51. The van der Waals surface area contributed by atoms with E-state index in [1.165, 1.54) is 10.8 Å². The average molecular weight is 318 g/mol. The highest BCUT2D eigenvalue weighted by molar-refractivity contribution is 7.85. The van der Waals surface area contributed by atoms with Gasteiger partial charge in [0.15, 0.2) is 6.23 Å². The summed E-state index contributed by atoms with van der Waals surface area (Å²) in [5.74, 6) is 0. The minimum absolute atomic E-state index is 0.173. The molecule has 2 aliphatic heterocycles. The smallest absolute Gasteiger partial charge is 0.330 e. The third-order valence-electron chi connectivity index (χ3n) is 3.39. The molecule has 0 bridgehead atoms. The Morgan fingerprint density at radius 1 is 1.33 bits per heavy atom. The fraction of sp³-hybridized carbons (Fsp3) is 0.636. The van der Waals surface area contributed by atoms with Crippen LogP contribution in [0.25, 0.3) is 0 Å². The third-order valence-corrected chi connectivity index (χ3v) is 3.95. The molecule has 0 radical (unpaired) electrons. The molecular weight excluding hydrogens is 304 g/mol. The number of epoxide rings is 1. The Morgan fingerprint density at radius 3 is 2.71 bits per heavy atom. The summed E-state index contributed by atoms with van der Waals surface area (Å²) in [6, 6.07) is 0. The van der Waals surface area contributed by atoms with Crippen LogP contribution in [0.5, 0.6) is 0 Å².